The molecule has 2 aromatic carbocycles. The summed E-state index contributed by atoms with van der Waals surface area (Å²) in [5.41, 5.74) is 4.41. The first-order valence-corrected chi connectivity index (χ1v) is 6.13. The topological polar surface area (TPSA) is 12.4 Å². The summed E-state index contributed by atoms with van der Waals surface area (Å²) in [7, 11) is 0. The molecular weight excluding hydrogens is 218 g/mol. The van der Waals surface area contributed by atoms with Crippen molar-refractivity contribution in [2.24, 2.45) is 4.99 Å². The molecular formula is C17H17N. The second-order valence-electron chi connectivity index (χ2n) is 4.10. The van der Waals surface area contributed by atoms with Crippen LogP contribution in [0.25, 0.3) is 5.57 Å². The van der Waals surface area contributed by atoms with Crippen LogP contribution in [0.4, 0.5) is 5.69 Å². The number of para-hydroxylation sites is 1. The lowest BCUT2D eigenvalue weighted by Gasteiger charge is -2.07. The second kappa shape index (κ2) is 5.97. The predicted molar refractivity (Wildman–Crippen MR) is 79.3 cm³/mol. The molecule has 0 saturated heterocycles. The molecule has 0 saturated carbocycles. The van der Waals surface area contributed by atoms with Crippen molar-refractivity contribution < 1.29 is 0 Å². The average molecular weight is 235 g/mol. The molecule has 0 aliphatic rings. The fourth-order valence-corrected chi connectivity index (χ4v) is 1.96. The van der Waals surface area contributed by atoms with Gasteiger partial charge in [0.25, 0.3) is 0 Å². The molecule has 0 aromatic heterocycles. The fourth-order valence-electron chi connectivity index (χ4n) is 1.96. The lowest BCUT2D eigenvalue weighted by molar-refractivity contribution is 1.49. The first-order chi connectivity index (χ1) is 8.81. The monoisotopic (exact) mass is 235 g/mol. The lowest BCUT2D eigenvalue weighted by atomic mass is 10.0. The SMILES string of the molecule is C/C=C(/C(C)=Nc1ccccc1)c1ccccc1. The third-order valence-electron chi connectivity index (χ3n) is 2.82. The summed E-state index contributed by atoms with van der Waals surface area (Å²) < 4.78 is 0. The molecule has 0 amide bonds. The van der Waals surface area contributed by atoms with Gasteiger partial charge in [-0.05, 0) is 37.1 Å². The van der Waals surface area contributed by atoms with Crippen molar-refractivity contribution >= 4 is 17.0 Å². The summed E-state index contributed by atoms with van der Waals surface area (Å²) in [6.07, 6.45) is 2.11. The molecule has 1 nitrogen and oxygen atoms in total. The summed E-state index contributed by atoms with van der Waals surface area (Å²) in [5, 5.41) is 0. The Morgan fingerprint density at radius 3 is 2.00 bits per heavy atom. The van der Waals surface area contributed by atoms with E-state index in [0.717, 1.165) is 11.4 Å². The third-order valence-corrected chi connectivity index (χ3v) is 2.82. The Morgan fingerprint density at radius 2 is 1.44 bits per heavy atom. The second-order valence-corrected chi connectivity index (χ2v) is 4.10. The van der Waals surface area contributed by atoms with Gasteiger partial charge in [0.15, 0.2) is 0 Å². The van der Waals surface area contributed by atoms with E-state index < -0.39 is 0 Å². The number of rotatable bonds is 3. The molecule has 0 radical (unpaired) electrons. The standard InChI is InChI=1S/C17H17N/c1-3-17(15-10-6-4-7-11-15)14(2)18-16-12-8-5-9-13-16/h3-13H,1-2H3/b17-3-,18-14?. The number of nitrogens with zero attached hydrogens (tertiary/aromatic N) is 1. The highest BCUT2D eigenvalue weighted by Gasteiger charge is 2.03. The van der Waals surface area contributed by atoms with Gasteiger partial charge in [0.2, 0.25) is 0 Å². The van der Waals surface area contributed by atoms with Gasteiger partial charge in [-0.25, -0.2) is 0 Å². The number of allylic oxidation sites excluding steroid dienone is 2. The maximum absolute atomic E-state index is 4.65. The van der Waals surface area contributed by atoms with E-state index in [1.54, 1.807) is 0 Å². The number of hydrogen-bond donors (Lipinski definition) is 0. The van der Waals surface area contributed by atoms with Crippen molar-refractivity contribution in [1.82, 2.24) is 0 Å². The van der Waals surface area contributed by atoms with E-state index in [1.165, 1.54) is 11.1 Å². The summed E-state index contributed by atoms with van der Waals surface area (Å²) in [5.74, 6) is 0. The fraction of sp³-hybridized carbons (Fsp3) is 0.118. The number of hydrogen-bond acceptors (Lipinski definition) is 1. The molecule has 0 heterocycles. The zero-order valence-electron chi connectivity index (χ0n) is 10.8. The summed E-state index contributed by atoms with van der Waals surface area (Å²) in [6.45, 7) is 4.10. The molecule has 18 heavy (non-hydrogen) atoms. The van der Waals surface area contributed by atoms with E-state index in [1.807, 2.05) is 43.3 Å². The Labute approximate surface area is 109 Å². The van der Waals surface area contributed by atoms with Crippen molar-refractivity contribution in [2.75, 3.05) is 0 Å². The van der Waals surface area contributed by atoms with Gasteiger partial charge < -0.3 is 0 Å². The Balaban J connectivity index is 2.33. The van der Waals surface area contributed by atoms with Crippen LogP contribution in [0.1, 0.15) is 19.4 Å². The van der Waals surface area contributed by atoms with E-state index in [2.05, 4.69) is 42.3 Å². The lowest BCUT2D eigenvalue weighted by Crippen LogP contribution is -1.96. The van der Waals surface area contributed by atoms with Gasteiger partial charge in [0, 0.05) is 5.71 Å². The molecule has 0 fully saturated rings. The quantitative estimate of drug-likeness (QED) is 0.672. The largest absolute Gasteiger partial charge is 0.253 e. The van der Waals surface area contributed by atoms with Crippen LogP contribution in [-0.4, -0.2) is 5.71 Å². The van der Waals surface area contributed by atoms with Gasteiger partial charge in [-0.3, -0.25) is 4.99 Å². The number of benzene rings is 2. The first-order valence-electron chi connectivity index (χ1n) is 6.13. The van der Waals surface area contributed by atoms with Gasteiger partial charge in [-0.2, -0.15) is 0 Å². The Hall–Kier alpha value is -2.15. The summed E-state index contributed by atoms with van der Waals surface area (Å²) in [6, 6.07) is 20.4. The zero-order chi connectivity index (χ0) is 12.8. The number of aliphatic imine (C=N–C) groups is 1. The molecule has 2 rings (SSSR count). The maximum atomic E-state index is 4.65. The van der Waals surface area contributed by atoms with Crippen molar-refractivity contribution in [3.8, 4) is 0 Å². The first kappa shape index (κ1) is 12.3. The van der Waals surface area contributed by atoms with Crippen LogP contribution in [0.5, 0.6) is 0 Å². The predicted octanol–water partition coefficient (Wildman–Crippen LogP) is 4.88. The van der Waals surface area contributed by atoms with Crippen LogP contribution in [0.3, 0.4) is 0 Å². The molecule has 1 heteroatoms. The normalized spacial score (nSPS) is 12.6. The maximum Gasteiger partial charge on any atom is 0.0633 e. The van der Waals surface area contributed by atoms with Crippen LogP contribution < -0.4 is 0 Å². The zero-order valence-corrected chi connectivity index (χ0v) is 10.8. The molecule has 0 atom stereocenters. The van der Waals surface area contributed by atoms with E-state index in [4.69, 9.17) is 0 Å². The van der Waals surface area contributed by atoms with Gasteiger partial charge in [-0.1, -0.05) is 54.6 Å². The summed E-state index contributed by atoms with van der Waals surface area (Å²) in [4.78, 5) is 4.65. The van der Waals surface area contributed by atoms with E-state index in [0.29, 0.717) is 0 Å². The van der Waals surface area contributed by atoms with Crippen molar-refractivity contribution in [2.45, 2.75) is 13.8 Å². The van der Waals surface area contributed by atoms with Crippen LogP contribution in [0.15, 0.2) is 71.7 Å². The van der Waals surface area contributed by atoms with Gasteiger partial charge in [0.1, 0.15) is 0 Å². The Morgan fingerprint density at radius 1 is 0.889 bits per heavy atom. The van der Waals surface area contributed by atoms with E-state index in [-0.39, 0.29) is 0 Å². The minimum atomic E-state index is 0.991. The van der Waals surface area contributed by atoms with Crippen molar-refractivity contribution in [3.05, 3.63) is 72.3 Å². The van der Waals surface area contributed by atoms with Crippen molar-refractivity contribution in [1.29, 1.82) is 0 Å². The van der Waals surface area contributed by atoms with Crippen LogP contribution in [0, 0.1) is 0 Å². The van der Waals surface area contributed by atoms with E-state index in [9.17, 15) is 0 Å². The third kappa shape index (κ3) is 2.95. The molecule has 0 aliphatic heterocycles. The molecule has 0 spiro atoms. The van der Waals surface area contributed by atoms with Crippen LogP contribution in [0.2, 0.25) is 0 Å². The minimum absolute atomic E-state index is 0.991. The smallest absolute Gasteiger partial charge is 0.0633 e. The highest BCUT2D eigenvalue weighted by Crippen LogP contribution is 2.19. The Kier molecular flexibility index (Phi) is 4.08. The van der Waals surface area contributed by atoms with Gasteiger partial charge >= 0.3 is 0 Å². The minimum Gasteiger partial charge on any atom is -0.253 e. The van der Waals surface area contributed by atoms with Gasteiger partial charge in [-0.15, -0.1) is 0 Å². The van der Waals surface area contributed by atoms with E-state index >= 15 is 0 Å². The highest BCUT2D eigenvalue weighted by molar-refractivity contribution is 6.23. The average Bonchev–Trinajstić information content (AvgIpc) is 2.42. The molecule has 0 aliphatic carbocycles. The Bertz CT molecular complexity index is 551. The molecule has 0 bridgehead atoms. The highest BCUT2D eigenvalue weighted by atomic mass is 14.7. The van der Waals surface area contributed by atoms with Gasteiger partial charge in [0.05, 0.1) is 5.69 Å². The van der Waals surface area contributed by atoms with Crippen LogP contribution >= 0.6 is 0 Å². The van der Waals surface area contributed by atoms with Crippen molar-refractivity contribution in [3.63, 3.8) is 0 Å². The molecule has 90 valence electrons. The molecule has 0 unspecified atom stereocenters. The summed E-state index contributed by atoms with van der Waals surface area (Å²) >= 11 is 0. The van der Waals surface area contributed by atoms with Crippen LogP contribution in [-0.2, 0) is 0 Å². The molecule has 2 aromatic rings. The molecule has 0 N–H and O–H groups in total.